The van der Waals surface area contributed by atoms with Crippen LogP contribution in [0, 0.1) is 6.92 Å². The lowest BCUT2D eigenvalue weighted by Crippen LogP contribution is -2.47. The van der Waals surface area contributed by atoms with Gasteiger partial charge in [0.15, 0.2) is 5.11 Å². The second kappa shape index (κ2) is 9.56. The number of carbonyl (C=O) groups excluding carboxylic acids is 3. The van der Waals surface area contributed by atoms with E-state index in [1.807, 2.05) is 30.5 Å². The van der Waals surface area contributed by atoms with Gasteiger partial charge in [0.25, 0.3) is 5.91 Å². The molecule has 1 aromatic carbocycles. The first-order valence-corrected chi connectivity index (χ1v) is 12.0. The van der Waals surface area contributed by atoms with Gasteiger partial charge in [0.05, 0.1) is 12.1 Å². The number of hydrogen-bond donors (Lipinski definition) is 3. The third-order valence-electron chi connectivity index (χ3n) is 5.72. The molecule has 3 amide bonds. The van der Waals surface area contributed by atoms with Crippen molar-refractivity contribution in [3.05, 3.63) is 55.7 Å². The van der Waals surface area contributed by atoms with Crippen LogP contribution in [0.15, 0.2) is 23.6 Å². The van der Waals surface area contributed by atoms with Gasteiger partial charge in [-0.2, -0.15) is 0 Å². The van der Waals surface area contributed by atoms with Crippen LogP contribution in [0.3, 0.4) is 0 Å². The summed E-state index contributed by atoms with van der Waals surface area (Å²) >= 11 is 13.1. The Morgan fingerprint density at radius 1 is 1.28 bits per heavy atom. The molecule has 10 heteroatoms. The van der Waals surface area contributed by atoms with Crippen LogP contribution in [-0.4, -0.2) is 33.8 Å². The minimum atomic E-state index is -0.615. The van der Waals surface area contributed by atoms with Crippen molar-refractivity contribution in [2.24, 2.45) is 0 Å². The van der Waals surface area contributed by atoms with Crippen LogP contribution in [0.2, 0.25) is 5.02 Å². The third-order valence-corrected chi connectivity index (χ3v) is 7.45. The number of nitrogens with zero attached hydrogens (tertiary/aromatic N) is 1. The number of nitrogens with one attached hydrogen (secondary N) is 3. The van der Waals surface area contributed by atoms with Gasteiger partial charge in [-0.25, -0.2) is 0 Å². The van der Waals surface area contributed by atoms with Crippen LogP contribution in [0.1, 0.15) is 51.2 Å². The molecule has 3 N–H and O–H groups in total. The van der Waals surface area contributed by atoms with E-state index in [1.165, 1.54) is 11.3 Å². The zero-order valence-corrected chi connectivity index (χ0v) is 19.9. The van der Waals surface area contributed by atoms with Crippen LogP contribution in [0.4, 0.5) is 0 Å². The van der Waals surface area contributed by atoms with E-state index in [4.69, 9.17) is 23.8 Å². The standard InChI is InChI=1S/C22H23ClN4O3S2/c1-12-5-6-13(7-16(12)23)8-24-22(31)25-9-18-14-10-27(21(30)15(14)11-32-18)17-3-2-4-19(28)26-20(17)29/h5-7,11,17H,2-4,8-10H2,1H3,(H2,24,25,31)(H,26,28,29). The van der Waals surface area contributed by atoms with Crippen molar-refractivity contribution >= 4 is 58.0 Å². The number of imide groups is 1. The van der Waals surface area contributed by atoms with Crippen molar-refractivity contribution in [2.45, 2.75) is 51.9 Å². The van der Waals surface area contributed by atoms with Crippen LogP contribution in [0.5, 0.6) is 0 Å². The lowest BCUT2D eigenvalue weighted by molar-refractivity contribution is -0.132. The van der Waals surface area contributed by atoms with Crippen molar-refractivity contribution in [2.75, 3.05) is 0 Å². The second-order valence-electron chi connectivity index (χ2n) is 7.92. The SMILES string of the molecule is Cc1ccc(CNC(=S)NCc2scc3c2CN(C2CCCC(=O)NC2=O)C3=O)cc1Cl. The predicted molar refractivity (Wildman–Crippen MR) is 127 cm³/mol. The first kappa shape index (κ1) is 22.7. The fourth-order valence-electron chi connectivity index (χ4n) is 3.89. The molecule has 1 atom stereocenters. The Morgan fingerprint density at radius 2 is 2.06 bits per heavy atom. The molecule has 1 saturated heterocycles. The molecule has 7 nitrogen and oxygen atoms in total. The molecule has 2 aliphatic heterocycles. The number of halogens is 1. The van der Waals surface area contributed by atoms with Crippen LogP contribution in [0.25, 0.3) is 0 Å². The summed E-state index contributed by atoms with van der Waals surface area (Å²) in [5.41, 5.74) is 3.61. The van der Waals surface area contributed by atoms with Crippen LogP contribution >= 0.6 is 35.2 Å². The van der Waals surface area contributed by atoms with E-state index >= 15 is 0 Å². The summed E-state index contributed by atoms with van der Waals surface area (Å²) in [7, 11) is 0. The van der Waals surface area contributed by atoms with Gasteiger partial charge in [-0.3, -0.25) is 19.7 Å². The third kappa shape index (κ3) is 4.79. The lowest BCUT2D eigenvalue weighted by atomic mass is 10.1. The van der Waals surface area contributed by atoms with Gasteiger partial charge < -0.3 is 15.5 Å². The fourth-order valence-corrected chi connectivity index (χ4v) is 5.21. The molecule has 0 bridgehead atoms. The minimum Gasteiger partial charge on any atom is -0.359 e. The number of amides is 3. The average Bonchev–Trinajstić information content (AvgIpc) is 3.24. The number of thiophene rings is 1. The highest BCUT2D eigenvalue weighted by molar-refractivity contribution is 7.80. The number of hydrogen-bond acceptors (Lipinski definition) is 5. The summed E-state index contributed by atoms with van der Waals surface area (Å²) in [5, 5.41) is 11.8. The van der Waals surface area contributed by atoms with E-state index in [2.05, 4.69) is 16.0 Å². The number of benzene rings is 1. The van der Waals surface area contributed by atoms with Gasteiger partial charge in [0, 0.05) is 34.8 Å². The monoisotopic (exact) mass is 490 g/mol. The molecule has 1 unspecified atom stereocenters. The zero-order chi connectivity index (χ0) is 22.8. The van der Waals surface area contributed by atoms with Gasteiger partial charge in [-0.1, -0.05) is 23.7 Å². The lowest BCUT2D eigenvalue weighted by Gasteiger charge is -2.25. The van der Waals surface area contributed by atoms with Gasteiger partial charge in [-0.15, -0.1) is 11.3 Å². The molecule has 0 saturated carbocycles. The number of aryl methyl sites for hydroxylation is 1. The Kier molecular flexibility index (Phi) is 6.78. The highest BCUT2D eigenvalue weighted by atomic mass is 35.5. The largest absolute Gasteiger partial charge is 0.359 e. The Balaban J connectivity index is 1.35. The molecular formula is C22H23ClN4O3S2. The highest BCUT2D eigenvalue weighted by Gasteiger charge is 2.39. The van der Waals surface area contributed by atoms with E-state index in [0.717, 1.165) is 26.6 Å². The summed E-state index contributed by atoms with van der Waals surface area (Å²) in [6.45, 7) is 3.36. The van der Waals surface area contributed by atoms with Crippen molar-refractivity contribution in [3.8, 4) is 0 Å². The Hall–Kier alpha value is -2.49. The maximum atomic E-state index is 12.9. The quantitative estimate of drug-likeness (QED) is 0.441. The van der Waals surface area contributed by atoms with Gasteiger partial charge in [-0.05, 0) is 54.7 Å². The summed E-state index contributed by atoms with van der Waals surface area (Å²) in [6.07, 6.45) is 1.38. The first-order valence-electron chi connectivity index (χ1n) is 10.3. The molecular weight excluding hydrogens is 468 g/mol. The van der Waals surface area contributed by atoms with Crippen LogP contribution in [-0.2, 0) is 29.2 Å². The topological polar surface area (TPSA) is 90.5 Å². The van der Waals surface area contributed by atoms with Crippen molar-refractivity contribution in [3.63, 3.8) is 0 Å². The predicted octanol–water partition coefficient (Wildman–Crippen LogP) is 3.03. The van der Waals surface area contributed by atoms with E-state index in [0.29, 0.717) is 49.6 Å². The van der Waals surface area contributed by atoms with Crippen molar-refractivity contribution in [1.29, 1.82) is 0 Å². The Morgan fingerprint density at radius 3 is 2.84 bits per heavy atom. The second-order valence-corrected chi connectivity index (χ2v) is 9.70. The van der Waals surface area contributed by atoms with E-state index in [1.54, 1.807) is 4.90 Å². The minimum absolute atomic E-state index is 0.158. The molecule has 2 aromatic rings. The first-order chi connectivity index (χ1) is 15.3. The van der Waals surface area contributed by atoms with Gasteiger partial charge in [0.2, 0.25) is 11.8 Å². The average molecular weight is 491 g/mol. The molecule has 0 spiro atoms. The van der Waals surface area contributed by atoms with Gasteiger partial charge >= 0.3 is 0 Å². The normalized spacial score (nSPS) is 18.2. The van der Waals surface area contributed by atoms with E-state index in [9.17, 15) is 14.4 Å². The molecule has 1 fully saturated rings. The smallest absolute Gasteiger partial charge is 0.256 e. The van der Waals surface area contributed by atoms with Gasteiger partial charge in [0.1, 0.15) is 6.04 Å². The van der Waals surface area contributed by atoms with Crippen molar-refractivity contribution in [1.82, 2.24) is 20.9 Å². The molecule has 1 aromatic heterocycles. The molecule has 3 heterocycles. The molecule has 4 rings (SSSR count). The van der Waals surface area contributed by atoms with Crippen LogP contribution < -0.4 is 16.0 Å². The molecule has 168 valence electrons. The number of carbonyl (C=O) groups is 3. The molecule has 2 aliphatic rings. The summed E-state index contributed by atoms with van der Waals surface area (Å²) in [6, 6.07) is 5.27. The maximum absolute atomic E-state index is 12.9. The molecule has 0 aliphatic carbocycles. The summed E-state index contributed by atoms with van der Waals surface area (Å²) in [4.78, 5) is 39.5. The highest BCUT2D eigenvalue weighted by Crippen LogP contribution is 2.33. The molecule has 32 heavy (non-hydrogen) atoms. The Bertz CT molecular complexity index is 1100. The van der Waals surface area contributed by atoms with E-state index < -0.39 is 11.9 Å². The summed E-state index contributed by atoms with van der Waals surface area (Å²) < 4.78 is 0. The van der Waals surface area contributed by atoms with Crippen molar-refractivity contribution < 1.29 is 14.4 Å². The molecule has 0 radical (unpaired) electrons. The zero-order valence-electron chi connectivity index (χ0n) is 17.5. The Labute approximate surface area is 200 Å². The van der Waals surface area contributed by atoms with E-state index in [-0.39, 0.29) is 11.8 Å². The number of fused-ring (bicyclic) bond motifs is 1. The summed E-state index contributed by atoms with van der Waals surface area (Å²) in [5.74, 6) is -0.831. The fraction of sp³-hybridized carbons (Fsp3) is 0.364. The number of rotatable bonds is 5. The maximum Gasteiger partial charge on any atom is 0.256 e. The number of thiocarbonyl (C=S) groups is 1.